The second kappa shape index (κ2) is 5.33. The van der Waals surface area contributed by atoms with Crippen LogP contribution in [0.5, 0.6) is 0 Å². The van der Waals surface area contributed by atoms with Crippen molar-refractivity contribution in [3.05, 3.63) is 0 Å². The van der Waals surface area contributed by atoms with E-state index in [-0.39, 0.29) is 12.2 Å². The fraction of sp³-hybridized carbons (Fsp3) is 0.917. The summed E-state index contributed by atoms with van der Waals surface area (Å²) in [7, 11) is 1.62. The smallest absolute Gasteiger partial charge is 0.312 e. The zero-order valence-corrected chi connectivity index (χ0v) is 10.2. The van der Waals surface area contributed by atoms with Crippen molar-refractivity contribution in [3.63, 3.8) is 0 Å². The first kappa shape index (κ1) is 12.8. The standard InChI is InChI=1S/C12H20O5/c1-15-6-7-16-5-4-12(11(13)14)8-9-2-3-10(12)17-9/h9-10H,2-8H2,1H3,(H,13,14). The molecule has 2 fully saturated rings. The van der Waals surface area contributed by atoms with Gasteiger partial charge in [-0.3, -0.25) is 4.79 Å². The molecule has 0 radical (unpaired) electrons. The van der Waals surface area contributed by atoms with Gasteiger partial charge in [0, 0.05) is 13.7 Å². The van der Waals surface area contributed by atoms with Crippen molar-refractivity contribution in [3.8, 4) is 0 Å². The lowest BCUT2D eigenvalue weighted by molar-refractivity contribution is -0.154. The predicted octanol–water partition coefficient (Wildman–Crippen LogP) is 1.06. The molecule has 2 rings (SSSR count). The Labute approximate surface area is 101 Å². The average Bonchev–Trinajstić information content (AvgIpc) is 2.89. The molecule has 2 bridgehead atoms. The van der Waals surface area contributed by atoms with Crippen LogP contribution in [-0.4, -0.2) is 50.2 Å². The van der Waals surface area contributed by atoms with Crippen molar-refractivity contribution < 1.29 is 24.1 Å². The van der Waals surface area contributed by atoms with Crippen molar-refractivity contribution >= 4 is 5.97 Å². The van der Waals surface area contributed by atoms with Gasteiger partial charge in [0.15, 0.2) is 0 Å². The number of fused-ring (bicyclic) bond motifs is 2. The molecule has 2 aliphatic rings. The van der Waals surface area contributed by atoms with Gasteiger partial charge in [-0.2, -0.15) is 0 Å². The van der Waals surface area contributed by atoms with E-state index in [4.69, 9.17) is 14.2 Å². The number of carboxylic acid groups (broad SMARTS) is 1. The number of carboxylic acids is 1. The van der Waals surface area contributed by atoms with Crippen molar-refractivity contribution in [2.45, 2.75) is 37.9 Å². The lowest BCUT2D eigenvalue weighted by Crippen LogP contribution is -2.41. The van der Waals surface area contributed by atoms with Crippen LogP contribution < -0.4 is 0 Å². The first-order valence-corrected chi connectivity index (χ1v) is 6.14. The maximum Gasteiger partial charge on any atom is 0.312 e. The fourth-order valence-corrected chi connectivity index (χ4v) is 2.89. The van der Waals surface area contributed by atoms with Gasteiger partial charge >= 0.3 is 5.97 Å². The lowest BCUT2D eigenvalue weighted by atomic mass is 9.72. The Morgan fingerprint density at radius 1 is 1.41 bits per heavy atom. The highest BCUT2D eigenvalue weighted by molar-refractivity contribution is 5.76. The first-order chi connectivity index (χ1) is 8.19. The van der Waals surface area contributed by atoms with E-state index in [9.17, 15) is 9.90 Å². The van der Waals surface area contributed by atoms with Crippen LogP contribution in [-0.2, 0) is 19.0 Å². The number of hydrogen-bond donors (Lipinski definition) is 1. The van der Waals surface area contributed by atoms with Crippen LogP contribution in [0.2, 0.25) is 0 Å². The number of carbonyl (C=O) groups is 1. The second-order valence-electron chi connectivity index (χ2n) is 4.84. The molecule has 5 nitrogen and oxygen atoms in total. The molecule has 98 valence electrons. The summed E-state index contributed by atoms with van der Waals surface area (Å²) in [5.41, 5.74) is -0.712. The molecule has 0 saturated carbocycles. The van der Waals surface area contributed by atoms with Gasteiger partial charge < -0.3 is 19.3 Å². The van der Waals surface area contributed by atoms with Crippen molar-refractivity contribution in [2.75, 3.05) is 26.9 Å². The highest BCUT2D eigenvalue weighted by atomic mass is 16.5. The molecule has 0 aromatic heterocycles. The first-order valence-electron chi connectivity index (χ1n) is 6.14. The molecule has 5 heteroatoms. The molecule has 1 N–H and O–H groups in total. The normalized spacial score (nSPS) is 35.4. The van der Waals surface area contributed by atoms with Gasteiger partial charge in [0.2, 0.25) is 0 Å². The van der Waals surface area contributed by atoms with Gasteiger partial charge in [0.05, 0.1) is 30.8 Å². The molecule has 2 heterocycles. The molecule has 2 saturated heterocycles. The molecule has 0 aromatic carbocycles. The highest BCUT2D eigenvalue weighted by Gasteiger charge is 2.56. The van der Waals surface area contributed by atoms with Crippen LogP contribution in [0.25, 0.3) is 0 Å². The summed E-state index contributed by atoms with van der Waals surface area (Å²) in [6.45, 7) is 1.52. The van der Waals surface area contributed by atoms with Crippen molar-refractivity contribution in [1.82, 2.24) is 0 Å². The lowest BCUT2D eigenvalue weighted by Gasteiger charge is -2.30. The summed E-state index contributed by atoms with van der Waals surface area (Å²) in [5.74, 6) is -0.736. The molecule has 0 spiro atoms. The minimum atomic E-state index is -0.736. The number of methoxy groups -OCH3 is 1. The van der Waals surface area contributed by atoms with E-state index in [1.807, 2.05) is 0 Å². The van der Waals surface area contributed by atoms with E-state index in [2.05, 4.69) is 0 Å². The molecule has 3 unspecified atom stereocenters. The van der Waals surface area contributed by atoms with Crippen LogP contribution in [0.3, 0.4) is 0 Å². The van der Waals surface area contributed by atoms with Gasteiger partial charge in [0.1, 0.15) is 0 Å². The SMILES string of the molecule is COCCOCCC1(C(=O)O)CC2CCC1O2. The predicted molar refractivity (Wildman–Crippen MR) is 59.9 cm³/mol. The molecular weight excluding hydrogens is 224 g/mol. The Bertz CT molecular complexity index is 280. The summed E-state index contributed by atoms with van der Waals surface area (Å²) < 4.78 is 15.9. The van der Waals surface area contributed by atoms with E-state index < -0.39 is 11.4 Å². The molecule has 2 aliphatic heterocycles. The van der Waals surface area contributed by atoms with Gasteiger partial charge in [-0.1, -0.05) is 0 Å². The number of hydrogen-bond acceptors (Lipinski definition) is 4. The third-order valence-corrected chi connectivity index (χ3v) is 3.87. The van der Waals surface area contributed by atoms with Gasteiger partial charge in [0.25, 0.3) is 0 Å². The number of aliphatic carboxylic acids is 1. The van der Waals surface area contributed by atoms with Gasteiger partial charge in [-0.05, 0) is 25.7 Å². The third-order valence-electron chi connectivity index (χ3n) is 3.87. The van der Waals surface area contributed by atoms with E-state index in [0.29, 0.717) is 32.7 Å². The van der Waals surface area contributed by atoms with Crippen LogP contribution in [0, 0.1) is 5.41 Å². The van der Waals surface area contributed by atoms with Gasteiger partial charge in [-0.15, -0.1) is 0 Å². The zero-order valence-electron chi connectivity index (χ0n) is 10.2. The Morgan fingerprint density at radius 2 is 2.24 bits per heavy atom. The fourth-order valence-electron chi connectivity index (χ4n) is 2.89. The van der Waals surface area contributed by atoms with Crippen molar-refractivity contribution in [2.24, 2.45) is 5.41 Å². The molecular formula is C12H20O5. The molecule has 3 atom stereocenters. The third kappa shape index (κ3) is 2.46. The summed E-state index contributed by atoms with van der Waals surface area (Å²) in [6.07, 6.45) is 3.08. The van der Waals surface area contributed by atoms with Crippen LogP contribution >= 0.6 is 0 Å². The molecule has 0 amide bonds. The minimum absolute atomic E-state index is 0.115. The quantitative estimate of drug-likeness (QED) is 0.678. The number of ether oxygens (including phenoxy) is 3. The van der Waals surface area contributed by atoms with E-state index in [0.717, 1.165) is 12.8 Å². The summed E-state index contributed by atoms with van der Waals surface area (Å²) in [6, 6.07) is 0. The topological polar surface area (TPSA) is 65.0 Å². The van der Waals surface area contributed by atoms with Gasteiger partial charge in [-0.25, -0.2) is 0 Å². The molecule has 17 heavy (non-hydrogen) atoms. The van der Waals surface area contributed by atoms with Crippen molar-refractivity contribution in [1.29, 1.82) is 0 Å². The van der Waals surface area contributed by atoms with Crippen LogP contribution in [0.4, 0.5) is 0 Å². The molecule has 0 aliphatic carbocycles. The van der Waals surface area contributed by atoms with Crippen LogP contribution in [0.15, 0.2) is 0 Å². The Hall–Kier alpha value is -0.650. The zero-order chi connectivity index (χ0) is 12.3. The molecule has 0 aromatic rings. The highest BCUT2D eigenvalue weighted by Crippen LogP contribution is 2.50. The number of rotatable bonds is 7. The largest absolute Gasteiger partial charge is 0.481 e. The van der Waals surface area contributed by atoms with E-state index in [1.165, 1.54) is 0 Å². The Kier molecular flexibility index (Phi) is 4.01. The maximum atomic E-state index is 11.5. The van der Waals surface area contributed by atoms with Crippen LogP contribution in [0.1, 0.15) is 25.7 Å². The maximum absolute atomic E-state index is 11.5. The van der Waals surface area contributed by atoms with E-state index >= 15 is 0 Å². The second-order valence-corrected chi connectivity index (χ2v) is 4.84. The summed E-state index contributed by atoms with van der Waals surface area (Å²) in [5, 5.41) is 9.43. The average molecular weight is 244 g/mol. The monoisotopic (exact) mass is 244 g/mol. The summed E-state index contributed by atoms with van der Waals surface area (Å²) in [4.78, 5) is 11.5. The minimum Gasteiger partial charge on any atom is -0.481 e. The Morgan fingerprint density at radius 3 is 2.76 bits per heavy atom. The Balaban J connectivity index is 1.84. The summed E-state index contributed by atoms with van der Waals surface area (Å²) >= 11 is 0. The van der Waals surface area contributed by atoms with E-state index in [1.54, 1.807) is 7.11 Å².